The van der Waals surface area contributed by atoms with Crippen LogP contribution in [0.15, 0.2) is 35.4 Å². The number of hydrogen-bond acceptors (Lipinski definition) is 8. The van der Waals surface area contributed by atoms with Crippen LogP contribution in [0.4, 0.5) is 4.79 Å². The number of pyridine rings is 1. The third-order valence-corrected chi connectivity index (χ3v) is 7.47. The van der Waals surface area contributed by atoms with Crippen LogP contribution in [-0.2, 0) is 6.54 Å². The number of aromatic nitrogens is 3. The number of piperidine rings is 1. The molecule has 1 N–H and O–H groups in total. The molecule has 11 nitrogen and oxygen atoms in total. The lowest BCUT2D eigenvalue weighted by atomic mass is 10.0. The Morgan fingerprint density at radius 1 is 1.11 bits per heavy atom. The van der Waals surface area contributed by atoms with Gasteiger partial charge < -0.3 is 24.2 Å². The van der Waals surface area contributed by atoms with Gasteiger partial charge in [0.2, 0.25) is 0 Å². The smallest absolute Gasteiger partial charge is 0.407 e. The molecule has 0 radical (unpaired) electrons. The van der Waals surface area contributed by atoms with Crippen molar-refractivity contribution >= 4 is 28.7 Å². The number of halogens is 1. The van der Waals surface area contributed by atoms with Gasteiger partial charge in [-0.15, -0.1) is 0 Å². The third-order valence-electron chi connectivity index (χ3n) is 7.17. The maximum Gasteiger partial charge on any atom is 0.407 e. The predicted octanol–water partition coefficient (Wildman–Crippen LogP) is 2.79. The van der Waals surface area contributed by atoms with Crippen LogP contribution in [0.5, 0.6) is 17.2 Å². The van der Waals surface area contributed by atoms with E-state index in [1.165, 1.54) is 11.1 Å². The van der Waals surface area contributed by atoms with Crippen LogP contribution in [0.2, 0.25) is 5.02 Å². The predicted molar refractivity (Wildman–Crippen MR) is 134 cm³/mol. The highest BCUT2D eigenvalue weighted by atomic mass is 35.5. The van der Waals surface area contributed by atoms with E-state index in [4.69, 9.17) is 25.8 Å². The third kappa shape index (κ3) is 4.53. The molecular formula is C25H26ClN5O6. The Labute approximate surface area is 217 Å². The Morgan fingerprint density at radius 3 is 2.68 bits per heavy atom. The SMILES string of the molecule is O=C(O)N(Cc1cc2c(cn1)OCCO2)C1CCN(CC2COc3c(Cl)ccc4ncc(=O)n2c34)CC1. The maximum absolute atomic E-state index is 12.8. The molecule has 12 heteroatoms. The van der Waals surface area contributed by atoms with Crippen LogP contribution in [0.25, 0.3) is 11.0 Å². The first-order chi connectivity index (χ1) is 18.0. The molecular weight excluding hydrogens is 502 g/mol. The van der Waals surface area contributed by atoms with Crippen molar-refractivity contribution in [2.45, 2.75) is 31.5 Å². The van der Waals surface area contributed by atoms with Gasteiger partial charge in [0.25, 0.3) is 5.56 Å². The second-order valence-corrected chi connectivity index (χ2v) is 9.84. The van der Waals surface area contributed by atoms with Gasteiger partial charge in [-0.1, -0.05) is 11.6 Å². The van der Waals surface area contributed by atoms with E-state index in [0.29, 0.717) is 91.3 Å². The van der Waals surface area contributed by atoms with Gasteiger partial charge in [-0.05, 0) is 25.0 Å². The molecule has 1 fully saturated rings. The molecule has 37 heavy (non-hydrogen) atoms. The summed E-state index contributed by atoms with van der Waals surface area (Å²) in [4.78, 5) is 37.2. The van der Waals surface area contributed by atoms with Crippen LogP contribution >= 0.6 is 11.6 Å². The Bertz CT molecular complexity index is 1410. The molecule has 0 spiro atoms. The van der Waals surface area contributed by atoms with Crippen molar-refractivity contribution in [1.82, 2.24) is 24.3 Å². The summed E-state index contributed by atoms with van der Waals surface area (Å²) in [7, 11) is 0. The summed E-state index contributed by atoms with van der Waals surface area (Å²) in [6.45, 7) is 3.44. The van der Waals surface area contributed by atoms with Crippen LogP contribution in [0, 0.1) is 0 Å². The summed E-state index contributed by atoms with van der Waals surface area (Å²) >= 11 is 6.32. The summed E-state index contributed by atoms with van der Waals surface area (Å²) < 4.78 is 18.8. The number of likely N-dealkylation sites (tertiary alicyclic amines) is 1. The first kappa shape index (κ1) is 23.8. The molecule has 1 aromatic carbocycles. The Morgan fingerprint density at radius 2 is 1.89 bits per heavy atom. The van der Waals surface area contributed by atoms with Gasteiger partial charge in [0.15, 0.2) is 17.2 Å². The van der Waals surface area contributed by atoms with E-state index in [1.807, 2.05) is 0 Å². The molecule has 3 aromatic rings. The first-order valence-corrected chi connectivity index (χ1v) is 12.6. The van der Waals surface area contributed by atoms with Crippen molar-refractivity contribution in [2.75, 3.05) is 39.5 Å². The topological polar surface area (TPSA) is 119 Å². The highest BCUT2D eigenvalue weighted by Crippen LogP contribution is 2.37. The molecule has 2 aromatic heterocycles. The number of fused-ring (bicyclic) bond motifs is 1. The van der Waals surface area contributed by atoms with E-state index in [1.54, 1.807) is 29.0 Å². The second-order valence-electron chi connectivity index (χ2n) is 9.44. The van der Waals surface area contributed by atoms with Gasteiger partial charge >= 0.3 is 6.09 Å². The Hall–Kier alpha value is -3.57. The van der Waals surface area contributed by atoms with Crippen molar-refractivity contribution in [1.29, 1.82) is 0 Å². The van der Waals surface area contributed by atoms with Crippen molar-refractivity contribution < 1.29 is 24.1 Å². The van der Waals surface area contributed by atoms with Gasteiger partial charge in [-0.3, -0.25) is 19.2 Å². The molecule has 0 bridgehead atoms. The van der Waals surface area contributed by atoms with Crippen molar-refractivity contribution in [3.05, 3.63) is 51.7 Å². The van der Waals surface area contributed by atoms with Crippen molar-refractivity contribution in [3.8, 4) is 17.2 Å². The van der Waals surface area contributed by atoms with Crippen LogP contribution in [-0.4, -0.2) is 81.0 Å². The average molecular weight is 528 g/mol. The number of amides is 1. The summed E-state index contributed by atoms with van der Waals surface area (Å²) in [6, 6.07) is 4.92. The van der Waals surface area contributed by atoms with E-state index >= 15 is 0 Å². The van der Waals surface area contributed by atoms with Crippen LogP contribution < -0.4 is 19.8 Å². The summed E-state index contributed by atoms with van der Waals surface area (Å²) in [5, 5.41) is 10.4. The fourth-order valence-corrected chi connectivity index (χ4v) is 5.58. The minimum absolute atomic E-state index is 0.138. The lowest BCUT2D eigenvalue weighted by Crippen LogP contribution is -2.49. The molecule has 0 aliphatic carbocycles. The van der Waals surface area contributed by atoms with E-state index in [2.05, 4.69) is 14.9 Å². The molecule has 1 amide bonds. The number of nitrogens with zero attached hydrogens (tertiary/aromatic N) is 5. The van der Waals surface area contributed by atoms with E-state index in [0.717, 1.165) is 0 Å². The zero-order valence-electron chi connectivity index (χ0n) is 20.0. The minimum atomic E-state index is -0.977. The normalized spacial score (nSPS) is 19.4. The van der Waals surface area contributed by atoms with Crippen LogP contribution in [0.1, 0.15) is 24.6 Å². The molecule has 0 saturated carbocycles. The molecule has 194 valence electrons. The van der Waals surface area contributed by atoms with Gasteiger partial charge in [0.05, 0.1) is 41.2 Å². The number of hydrogen-bond donors (Lipinski definition) is 1. The molecule has 1 saturated heterocycles. The Balaban J connectivity index is 1.13. The molecule has 3 aliphatic heterocycles. The van der Waals surface area contributed by atoms with Gasteiger partial charge in [-0.25, -0.2) is 9.78 Å². The molecule has 3 aliphatic rings. The fraction of sp³-hybridized carbons (Fsp3) is 0.440. The zero-order valence-corrected chi connectivity index (χ0v) is 20.8. The molecule has 1 atom stereocenters. The lowest BCUT2D eigenvalue weighted by Gasteiger charge is -2.39. The zero-order chi connectivity index (χ0) is 25.5. The lowest BCUT2D eigenvalue weighted by molar-refractivity contribution is 0.0769. The summed E-state index contributed by atoms with van der Waals surface area (Å²) in [5.74, 6) is 1.66. The van der Waals surface area contributed by atoms with E-state index in [-0.39, 0.29) is 24.2 Å². The Kier molecular flexibility index (Phi) is 6.25. The number of carbonyl (C=O) groups is 1. The van der Waals surface area contributed by atoms with Crippen molar-refractivity contribution in [2.24, 2.45) is 0 Å². The number of ether oxygens (including phenoxy) is 3. The van der Waals surface area contributed by atoms with E-state index in [9.17, 15) is 14.7 Å². The standard InChI is InChI=1S/C25H26ClN5O6/c26-18-1-2-19-23-24(18)37-14-17(31(23)22(32)11-28-19)13-29-5-3-16(4-6-29)30(25(33)34)12-15-9-20-21(10-27-15)36-8-7-35-20/h1-2,9-11,16-17H,3-8,12-14H2,(H,33,34). The molecule has 5 heterocycles. The van der Waals surface area contributed by atoms with Gasteiger partial charge in [-0.2, -0.15) is 0 Å². The fourth-order valence-electron chi connectivity index (χ4n) is 5.37. The molecule has 6 rings (SSSR count). The van der Waals surface area contributed by atoms with Gasteiger partial charge in [0, 0.05) is 31.7 Å². The van der Waals surface area contributed by atoms with Crippen LogP contribution in [0.3, 0.4) is 0 Å². The maximum atomic E-state index is 12.8. The van der Waals surface area contributed by atoms with Gasteiger partial charge in [0.1, 0.15) is 25.3 Å². The number of benzene rings is 1. The number of rotatable bonds is 5. The quantitative estimate of drug-likeness (QED) is 0.534. The monoisotopic (exact) mass is 527 g/mol. The minimum Gasteiger partial charge on any atom is -0.488 e. The van der Waals surface area contributed by atoms with Crippen molar-refractivity contribution in [3.63, 3.8) is 0 Å². The summed E-state index contributed by atoms with van der Waals surface area (Å²) in [5.41, 5.74) is 1.71. The highest BCUT2D eigenvalue weighted by molar-refractivity contribution is 6.33. The first-order valence-electron chi connectivity index (χ1n) is 12.3. The summed E-state index contributed by atoms with van der Waals surface area (Å²) in [6.07, 6.45) is 3.29. The second kappa shape index (κ2) is 9.71. The average Bonchev–Trinajstić information content (AvgIpc) is 2.91. The largest absolute Gasteiger partial charge is 0.488 e. The van der Waals surface area contributed by atoms with E-state index < -0.39 is 6.09 Å². The highest BCUT2D eigenvalue weighted by Gasteiger charge is 2.32. The number of carboxylic acid groups (broad SMARTS) is 1. The molecule has 1 unspecified atom stereocenters.